The molecule has 0 aliphatic carbocycles. The fourth-order valence-electron chi connectivity index (χ4n) is 2.00. The third kappa shape index (κ3) is 4.45. The first-order valence-electron chi connectivity index (χ1n) is 7.64. The molecule has 2 aromatic rings. The van der Waals surface area contributed by atoms with Gasteiger partial charge < -0.3 is 5.32 Å². The van der Waals surface area contributed by atoms with Crippen molar-refractivity contribution in [3.8, 4) is 0 Å². The molecule has 1 heterocycles. The molecule has 0 saturated heterocycles. The average molecular weight is 333 g/mol. The lowest BCUT2D eigenvalue weighted by molar-refractivity contribution is 0.601. The van der Waals surface area contributed by atoms with Crippen LogP contribution < -0.4 is 10.0 Å². The number of nitrogens with one attached hydrogen (secondary N) is 2. The zero-order valence-corrected chi connectivity index (χ0v) is 14.7. The summed E-state index contributed by atoms with van der Waals surface area (Å²) in [4.78, 5) is 4.40. The number of pyridine rings is 1. The number of sulfonamides is 1. The van der Waals surface area contributed by atoms with E-state index in [0.29, 0.717) is 11.9 Å². The van der Waals surface area contributed by atoms with Gasteiger partial charge in [0.2, 0.25) is 0 Å². The molecule has 23 heavy (non-hydrogen) atoms. The van der Waals surface area contributed by atoms with Gasteiger partial charge in [0.15, 0.2) is 0 Å². The highest BCUT2D eigenvalue weighted by atomic mass is 32.2. The van der Waals surface area contributed by atoms with Crippen LogP contribution in [0.25, 0.3) is 0 Å². The summed E-state index contributed by atoms with van der Waals surface area (Å²) in [6.07, 6.45) is 2.63. The zero-order valence-electron chi connectivity index (χ0n) is 13.9. The number of benzene rings is 1. The lowest BCUT2D eigenvalue weighted by Gasteiger charge is -2.13. The Morgan fingerprint density at radius 3 is 2.43 bits per heavy atom. The highest BCUT2D eigenvalue weighted by Gasteiger charge is 2.15. The molecule has 0 saturated carbocycles. The van der Waals surface area contributed by atoms with Crippen LogP contribution in [0.1, 0.15) is 31.4 Å². The van der Waals surface area contributed by atoms with Gasteiger partial charge in [0.05, 0.1) is 16.8 Å². The van der Waals surface area contributed by atoms with Gasteiger partial charge >= 0.3 is 0 Å². The molecular formula is C17H23N3O2S. The maximum atomic E-state index is 12.4. The molecular weight excluding hydrogens is 310 g/mol. The molecule has 1 unspecified atom stereocenters. The second-order valence-corrected chi connectivity index (χ2v) is 7.42. The Hall–Kier alpha value is -2.08. The van der Waals surface area contributed by atoms with Gasteiger partial charge in [-0.05, 0) is 62.6 Å². The van der Waals surface area contributed by atoms with E-state index < -0.39 is 10.0 Å². The van der Waals surface area contributed by atoms with Crippen LogP contribution in [0.4, 0.5) is 11.5 Å². The second kappa shape index (κ2) is 7.00. The lowest BCUT2D eigenvalue weighted by atomic mass is 10.1. The van der Waals surface area contributed by atoms with E-state index >= 15 is 0 Å². The lowest BCUT2D eigenvalue weighted by Crippen LogP contribution is -2.15. The summed E-state index contributed by atoms with van der Waals surface area (Å²) in [7, 11) is -3.63. The van der Waals surface area contributed by atoms with Crippen LogP contribution in [-0.2, 0) is 10.0 Å². The van der Waals surface area contributed by atoms with Gasteiger partial charge in [-0.3, -0.25) is 4.72 Å². The normalized spacial score (nSPS) is 12.7. The molecule has 1 aromatic carbocycles. The van der Waals surface area contributed by atoms with Crippen molar-refractivity contribution in [1.82, 2.24) is 4.98 Å². The largest absolute Gasteiger partial charge is 0.381 e. The number of anilines is 2. The molecule has 0 aliphatic heterocycles. The van der Waals surface area contributed by atoms with E-state index in [2.05, 4.69) is 28.9 Å². The molecule has 6 heteroatoms. The molecule has 124 valence electrons. The third-order valence-corrected chi connectivity index (χ3v) is 5.17. The first-order valence-corrected chi connectivity index (χ1v) is 9.13. The maximum absolute atomic E-state index is 12.4. The quantitative estimate of drug-likeness (QED) is 0.845. The number of hydrogen-bond acceptors (Lipinski definition) is 4. The van der Waals surface area contributed by atoms with E-state index in [1.165, 1.54) is 0 Å². The van der Waals surface area contributed by atoms with Gasteiger partial charge in [0.25, 0.3) is 10.0 Å². The Bertz CT molecular complexity index is 771. The van der Waals surface area contributed by atoms with Gasteiger partial charge in [0, 0.05) is 6.04 Å². The number of aryl methyl sites for hydroxylation is 2. The van der Waals surface area contributed by atoms with Gasteiger partial charge in [-0.15, -0.1) is 0 Å². The number of aromatic nitrogens is 1. The summed E-state index contributed by atoms with van der Waals surface area (Å²) >= 11 is 0. The van der Waals surface area contributed by atoms with E-state index in [1.807, 2.05) is 19.9 Å². The minimum absolute atomic E-state index is 0.240. The predicted molar refractivity (Wildman–Crippen MR) is 94.3 cm³/mol. The molecule has 0 amide bonds. The van der Waals surface area contributed by atoms with E-state index in [-0.39, 0.29) is 4.90 Å². The van der Waals surface area contributed by atoms with Crippen molar-refractivity contribution >= 4 is 21.5 Å². The molecule has 1 aromatic heterocycles. The molecule has 1 atom stereocenters. The van der Waals surface area contributed by atoms with Crippen LogP contribution in [0.3, 0.4) is 0 Å². The number of hydrogen-bond donors (Lipinski definition) is 2. The number of rotatable bonds is 6. The standard InChI is InChI=1S/C17H23N3O2S/c1-5-14(4)19-15-7-9-17(18-11-15)20-23(21,22)16-8-6-12(2)13(3)10-16/h6-11,14,19H,5H2,1-4H3,(H,18,20). The third-order valence-electron chi connectivity index (χ3n) is 3.82. The minimum Gasteiger partial charge on any atom is -0.381 e. The fraction of sp³-hybridized carbons (Fsp3) is 0.353. The van der Waals surface area contributed by atoms with E-state index in [1.54, 1.807) is 30.5 Å². The fourth-order valence-corrected chi connectivity index (χ4v) is 3.10. The van der Waals surface area contributed by atoms with E-state index in [4.69, 9.17) is 0 Å². The summed E-state index contributed by atoms with van der Waals surface area (Å²) < 4.78 is 27.3. The van der Waals surface area contributed by atoms with Crippen molar-refractivity contribution in [3.05, 3.63) is 47.7 Å². The second-order valence-electron chi connectivity index (χ2n) is 5.74. The molecule has 0 radical (unpaired) electrons. The van der Waals surface area contributed by atoms with Gasteiger partial charge in [-0.1, -0.05) is 13.0 Å². The van der Waals surface area contributed by atoms with Crippen molar-refractivity contribution < 1.29 is 8.42 Å². The van der Waals surface area contributed by atoms with Crippen molar-refractivity contribution in [3.63, 3.8) is 0 Å². The summed E-state index contributed by atoms with van der Waals surface area (Å²) in [5.41, 5.74) is 2.87. The number of nitrogens with zero attached hydrogens (tertiary/aromatic N) is 1. The monoisotopic (exact) mass is 333 g/mol. The van der Waals surface area contributed by atoms with Gasteiger partial charge in [-0.25, -0.2) is 13.4 Å². The first kappa shape index (κ1) is 17.3. The summed E-state index contributed by atoms with van der Waals surface area (Å²) in [5.74, 6) is 0.304. The maximum Gasteiger partial charge on any atom is 0.263 e. The van der Waals surface area contributed by atoms with Crippen molar-refractivity contribution in [2.24, 2.45) is 0 Å². The Balaban J connectivity index is 2.15. The average Bonchev–Trinajstić information content (AvgIpc) is 2.51. The van der Waals surface area contributed by atoms with E-state index in [0.717, 1.165) is 23.2 Å². The Labute approximate surface area is 138 Å². The molecule has 0 aliphatic rings. The van der Waals surface area contributed by atoms with Crippen molar-refractivity contribution in [1.29, 1.82) is 0 Å². The highest BCUT2D eigenvalue weighted by Crippen LogP contribution is 2.19. The van der Waals surface area contributed by atoms with E-state index in [9.17, 15) is 8.42 Å². The van der Waals surface area contributed by atoms with Crippen LogP contribution in [0, 0.1) is 13.8 Å². The van der Waals surface area contributed by atoms with Crippen molar-refractivity contribution in [2.75, 3.05) is 10.0 Å². The van der Waals surface area contributed by atoms with Crippen LogP contribution >= 0.6 is 0 Å². The zero-order chi connectivity index (χ0) is 17.0. The summed E-state index contributed by atoms with van der Waals surface area (Å²) in [6.45, 7) is 8.01. The Morgan fingerprint density at radius 2 is 1.87 bits per heavy atom. The molecule has 0 fully saturated rings. The Kier molecular flexibility index (Phi) is 5.26. The molecule has 5 nitrogen and oxygen atoms in total. The van der Waals surface area contributed by atoms with Crippen LogP contribution in [0.15, 0.2) is 41.4 Å². The minimum atomic E-state index is -3.63. The highest BCUT2D eigenvalue weighted by molar-refractivity contribution is 7.92. The van der Waals surface area contributed by atoms with Crippen LogP contribution in [-0.4, -0.2) is 19.4 Å². The first-order chi connectivity index (χ1) is 10.8. The molecule has 0 spiro atoms. The van der Waals surface area contributed by atoms with Crippen LogP contribution in [0.2, 0.25) is 0 Å². The van der Waals surface area contributed by atoms with Crippen LogP contribution in [0.5, 0.6) is 0 Å². The van der Waals surface area contributed by atoms with Gasteiger partial charge in [0.1, 0.15) is 5.82 Å². The summed E-state index contributed by atoms with van der Waals surface area (Å²) in [6, 6.07) is 8.88. The SMILES string of the molecule is CCC(C)Nc1ccc(NS(=O)(=O)c2ccc(C)c(C)c2)nc1. The van der Waals surface area contributed by atoms with Crippen molar-refractivity contribution in [2.45, 2.75) is 45.1 Å². The topological polar surface area (TPSA) is 71.1 Å². The molecule has 2 N–H and O–H groups in total. The Morgan fingerprint density at radius 1 is 1.13 bits per heavy atom. The molecule has 0 bridgehead atoms. The summed E-state index contributed by atoms with van der Waals surface area (Å²) in [5, 5.41) is 3.29. The molecule has 2 rings (SSSR count). The smallest absolute Gasteiger partial charge is 0.263 e. The predicted octanol–water partition coefficient (Wildman–Crippen LogP) is 3.71. The van der Waals surface area contributed by atoms with Gasteiger partial charge in [-0.2, -0.15) is 0 Å².